The molecule has 0 saturated carbocycles. The van der Waals surface area contributed by atoms with Crippen LogP contribution in [-0.2, 0) is 19.1 Å². The number of nitrogens with zero attached hydrogens (tertiary/aromatic N) is 1. The number of carbonyl (C=O) groups excluding carboxylic acids is 4. The van der Waals surface area contributed by atoms with E-state index < -0.39 is 53.2 Å². The van der Waals surface area contributed by atoms with E-state index in [-0.39, 0.29) is 24.5 Å². The summed E-state index contributed by atoms with van der Waals surface area (Å²) in [6.07, 6.45) is 7.18. The number of hydrogen-bond donors (Lipinski definition) is 5. The summed E-state index contributed by atoms with van der Waals surface area (Å²) in [6, 6.07) is -2.93. The van der Waals surface area contributed by atoms with Crippen LogP contribution in [0.15, 0.2) is 0 Å². The minimum atomic E-state index is -1.53. The molecule has 3 fully saturated rings. The average molecular weight is 566 g/mol. The van der Waals surface area contributed by atoms with E-state index >= 15 is 0 Å². The predicted octanol–water partition coefficient (Wildman–Crippen LogP) is 2.09. The van der Waals surface area contributed by atoms with Gasteiger partial charge in [-0.2, -0.15) is 0 Å². The van der Waals surface area contributed by atoms with Crippen molar-refractivity contribution in [2.24, 2.45) is 11.7 Å². The Kier molecular flexibility index (Phi) is 10.8. The molecule has 3 aliphatic rings. The van der Waals surface area contributed by atoms with Gasteiger partial charge in [0.15, 0.2) is 6.10 Å². The molecule has 40 heavy (non-hydrogen) atoms. The highest BCUT2D eigenvalue weighted by molar-refractivity contribution is 5.93. The summed E-state index contributed by atoms with van der Waals surface area (Å²) in [6.45, 7) is 9.77. The zero-order valence-corrected chi connectivity index (χ0v) is 25.0. The molecule has 6 N–H and O–H groups in total. The lowest BCUT2D eigenvalue weighted by molar-refractivity contribution is -0.142. The molecule has 228 valence electrons. The second-order valence-electron chi connectivity index (χ2n) is 13.5. The van der Waals surface area contributed by atoms with Crippen LogP contribution in [0.1, 0.15) is 105 Å². The summed E-state index contributed by atoms with van der Waals surface area (Å²) < 4.78 is 6.24. The van der Waals surface area contributed by atoms with Crippen molar-refractivity contribution >= 4 is 23.8 Å². The molecule has 11 nitrogen and oxygen atoms in total. The standard InChI is InChI=1S/C29H51N5O6/c1-28(2,3)33-27(39)32-20-15-13-11-9-7-6-8-10-12-14-19(23(35)24(30)36)31-25(37)22-18-16-29(4,5)40-21(18)17-34(22)26(20)38/h18-23,35H,6-17H2,1-5H3,(H2,30,36)(H,31,37)(H2,32,33,39)/t18-,19-,20-,21-,22-,23?/m0/s1. The fourth-order valence-electron chi connectivity index (χ4n) is 6.37. The van der Waals surface area contributed by atoms with Crippen molar-refractivity contribution in [2.75, 3.05) is 6.54 Å². The predicted molar refractivity (Wildman–Crippen MR) is 151 cm³/mol. The van der Waals surface area contributed by atoms with Crippen molar-refractivity contribution < 1.29 is 29.0 Å². The summed E-state index contributed by atoms with van der Waals surface area (Å²) >= 11 is 0. The Labute approximate surface area is 238 Å². The molecule has 11 heteroatoms. The van der Waals surface area contributed by atoms with Crippen LogP contribution in [0.5, 0.6) is 0 Å². The largest absolute Gasteiger partial charge is 0.381 e. The number of aliphatic hydroxyl groups is 1. The number of primary amides is 1. The van der Waals surface area contributed by atoms with Crippen LogP contribution in [0.4, 0.5) is 4.79 Å². The molecule has 1 unspecified atom stereocenters. The molecule has 5 amide bonds. The number of fused-ring (bicyclic) bond motifs is 3. The van der Waals surface area contributed by atoms with Crippen LogP contribution >= 0.6 is 0 Å². The Morgan fingerprint density at radius 2 is 1.62 bits per heavy atom. The maximum Gasteiger partial charge on any atom is 0.315 e. The van der Waals surface area contributed by atoms with Crippen molar-refractivity contribution in [3.63, 3.8) is 0 Å². The average Bonchev–Trinajstić information content (AvgIpc) is 3.32. The number of aliphatic hydroxyl groups excluding tert-OH is 1. The highest BCUT2D eigenvalue weighted by Crippen LogP contribution is 2.43. The molecule has 0 aromatic rings. The monoisotopic (exact) mass is 565 g/mol. The molecule has 0 aromatic heterocycles. The first kappa shape index (κ1) is 32.1. The number of amides is 5. The zero-order chi connectivity index (χ0) is 29.7. The fourth-order valence-corrected chi connectivity index (χ4v) is 6.37. The zero-order valence-electron chi connectivity index (χ0n) is 25.0. The van der Waals surface area contributed by atoms with Crippen LogP contribution in [-0.4, -0.2) is 81.8 Å². The summed E-state index contributed by atoms with van der Waals surface area (Å²) in [7, 11) is 0. The Bertz CT molecular complexity index is 919. The molecule has 0 spiro atoms. The van der Waals surface area contributed by atoms with E-state index in [1.54, 1.807) is 0 Å². The van der Waals surface area contributed by atoms with E-state index in [0.717, 1.165) is 51.4 Å². The van der Waals surface area contributed by atoms with Crippen LogP contribution in [0.2, 0.25) is 0 Å². The normalized spacial score (nSPS) is 31.4. The molecule has 3 rings (SSSR count). The molecule has 3 heterocycles. The quantitative estimate of drug-likeness (QED) is 0.352. The molecular formula is C29H51N5O6. The Hall–Kier alpha value is -2.40. The number of rotatable bonds is 3. The topological polar surface area (TPSA) is 163 Å². The SMILES string of the molecule is CC(C)(C)NC(=O)N[C@H]1CCCCCCCCCC[C@@H](C(O)C(N)=O)NC(=O)[C@@H]2[C@H]3CC(C)(C)O[C@H]3CN2C1=O. The van der Waals surface area contributed by atoms with Gasteiger partial charge in [-0.15, -0.1) is 0 Å². The lowest BCUT2D eigenvalue weighted by Gasteiger charge is -2.33. The van der Waals surface area contributed by atoms with Gasteiger partial charge >= 0.3 is 6.03 Å². The first-order chi connectivity index (χ1) is 18.7. The van der Waals surface area contributed by atoms with Gasteiger partial charge in [0, 0.05) is 18.0 Å². The number of carbonyl (C=O) groups is 4. The van der Waals surface area contributed by atoms with E-state index in [1.807, 2.05) is 34.6 Å². The highest BCUT2D eigenvalue weighted by atomic mass is 16.5. The maximum absolute atomic E-state index is 14.1. The van der Waals surface area contributed by atoms with Gasteiger partial charge in [0.1, 0.15) is 12.1 Å². The Balaban J connectivity index is 1.91. The molecule has 3 saturated heterocycles. The minimum absolute atomic E-state index is 0.229. The van der Waals surface area contributed by atoms with E-state index in [9.17, 15) is 24.3 Å². The van der Waals surface area contributed by atoms with E-state index in [0.29, 0.717) is 19.3 Å². The van der Waals surface area contributed by atoms with Gasteiger partial charge in [-0.05, 0) is 53.9 Å². The molecule has 3 aliphatic heterocycles. The van der Waals surface area contributed by atoms with E-state index in [1.165, 1.54) is 4.90 Å². The van der Waals surface area contributed by atoms with Gasteiger partial charge < -0.3 is 36.4 Å². The van der Waals surface area contributed by atoms with Crippen molar-refractivity contribution in [2.45, 2.75) is 147 Å². The summed E-state index contributed by atoms with van der Waals surface area (Å²) in [4.78, 5) is 54.2. The van der Waals surface area contributed by atoms with Gasteiger partial charge in [-0.25, -0.2) is 4.79 Å². The van der Waals surface area contributed by atoms with Gasteiger partial charge in [0.25, 0.3) is 0 Å². The third kappa shape index (κ3) is 8.80. The van der Waals surface area contributed by atoms with Crippen molar-refractivity contribution in [1.82, 2.24) is 20.9 Å². The third-order valence-corrected chi connectivity index (χ3v) is 8.20. The lowest BCUT2D eigenvalue weighted by atomic mass is 9.89. The number of hydrogen-bond acceptors (Lipinski definition) is 6. The fraction of sp³-hybridized carbons (Fsp3) is 0.862. The summed E-state index contributed by atoms with van der Waals surface area (Å²) in [5.74, 6) is -1.91. The molecule has 0 aliphatic carbocycles. The lowest BCUT2D eigenvalue weighted by Crippen LogP contribution is -2.59. The first-order valence-corrected chi connectivity index (χ1v) is 15.0. The van der Waals surface area contributed by atoms with Crippen LogP contribution < -0.4 is 21.7 Å². The third-order valence-electron chi connectivity index (χ3n) is 8.20. The molecule has 0 radical (unpaired) electrons. The molecule has 6 atom stereocenters. The maximum atomic E-state index is 14.1. The highest BCUT2D eigenvalue weighted by Gasteiger charge is 2.56. The molecule has 0 aromatic carbocycles. The van der Waals surface area contributed by atoms with E-state index in [2.05, 4.69) is 16.0 Å². The Morgan fingerprint density at radius 3 is 2.20 bits per heavy atom. The minimum Gasteiger partial charge on any atom is -0.381 e. The van der Waals surface area contributed by atoms with Gasteiger partial charge in [0.05, 0.1) is 17.7 Å². The number of ether oxygens (including phenoxy) is 1. The Morgan fingerprint density at radius 1 is 1.05 bits per heavy atom. The molecule has 0 bridgehead atoms. The first-order valence-electron chi connectivity index (χ1n) is 15.0. The van der Waals surface area contributed by atoms with Crippen molar-refractivity contribution in [1.29, 1.82) is 0 Å². The van der Waals surface area contributed by atoms with Crippen LogP contribution in [0.25, 0.3) is 0 Å². The second-order valence-corrected chi connectivity index (χ2v) is 13.5. The second kappa shape index (κ2) is 13.5. The van der Waals surface area contributed by atoms with Crippen molar-refractivity contribution in [3.8, 4) is 0 Å². The number of urea groups is 1. The smallest absolute Gasteiger partial charge is 0.315 e. The summed E-state index contributed by atoms with van der Waals surface area (Å²) in [5.41, 5.74) is 4.49. The van der Waals surface area contributed by atoms with Crippen molar-refractivity contribution in [3.05, 3.63) is 0 Å². The van der Waals surface area contributed by atoms with E-state index in [4.69, 9.17) is 10.5 Å². The van der Waals surface area contributed by atoms with Crippen LogP contribution in [0.3, 0.4) is 0 Å². The van der Waals surface area contributed by atoms with Crippen LogP contribution in [0, 0.1) is 5.92 Å². The molecular weight excluding hydrogens is 514 g/mol. The number of nitrogens with two attached hydrogens (primary N) is 1. The van der Waals surface area contributed by atoms with Gasteiger partial charge in [0.2, 0.25) is 17.7 Å². The van der Waals surface area contributed by atoms with Gasteiger partial charge in [-0.3, -0.25) is 14.4 Å². The summed E-state index contributed by atoms with van der Waals surface area (Å²) in [5, 5.41) is 19.2. The number of nitrogens with one attached hydrogen (secondary N) is 3. The van der Waals surface area contributed by atoms with Gasteiger partial charge in [-0.1, -0.05) is 51.4 Å².